The molecule has 0 fully saturated rings. The maximum atomic E-state index is 12.4. The minimum absolute atomic E-state index is 0.0195. The molecule has 0 saturated carbocycles. The monoisotopic (exact) mass is 319 g/mol. The second-order valence-electron chi connectivity index (χ2n) is 4.77. The zero-order chi connectivity index (χ0) is 17.3. The van der Waals surface area contributed by atoms with Gasteiger partial charge in [0.15, 0.2) is 5.41 Å². The summed E-state index contributed by atoms with van der Waals surface area (Å²) in [6, 6.07) is 8.67. The lowest BCUT2D eigenvalue weighted by molar-refractivity contribution is -0.149. The topological polar surface area (TPSA) is 85.6 Å². The van der Waals surface area contributed by atoms with Gasteiger partial charge in [0.25, 0.3) is 0 Å². The molecular formula is C17H21NO5. The molecule has 0 aromatic heterocycles. The summed E-state index contributed by atoms with van der Waals surface area (Å²) in [6.45, 7) is 3.75. The SMILES string of the molecule is CCOC(=O)CCC(C#N)(C(=O)OCC)c1cccc(OC)c1. The van der Waals surface area contributed by atoms with Gasteiger partial charge in [-0.05, 0) is 38.0 Å². The number of rotatable bonds is 8. The maximum absolute atomic E-state index is 12.4. The minimum Gasteiger partial charge on any atom is -0.497 e. The van der Waals surface area contributed by atoms with Crippen LogP contribution in [0.3, 0.4) is 0 Å². The quantitative estimate of drug-likeness (QED) is 0.684. The largest absolute Gasteiger partial charge is 0.497 e. The summed E-state index contributed by atoms with van der Waals surface area (Å²) in [5.41, 5.74) is -1.14. The van der Waals surface area contributed by atoms with Crippen LogP contribution in [0.25, 0.3) is 0 Å². The molecule has 0 saturated heterocycles. The summed E-state index contributed by atoms with van der Waals surface area (Å²) < 4.78 is 15.1. The van der Waals surface area contributed by atoms with Crippen molar-refractivity contribution >= 4 is 11.9 Å². The number of methoxy groups -OCH3 is 1. The summed E-state index contributed by atoms with van der Waals surface area (Å²) >= 11 is 0. The minimum atomic E-state index is -1.57. The molecular weight excluding hydrogens is 298 g/mol. The molecule has 1 atom stereocenters. The standard InChI is InChI=1S/C17H21NO5/c1-4-22-15(19)9-10-17(12-18,16(20)23-5-2)13-7-6-8-14(11-13)21-3/h6-8,11H,4-5,9-10H2,1-3H3. The predicted octanol–water partition coefficient (Wildman–Crippen LogP) is 2.36. The summed E-state index contributed by atoms with van der Waals surface area (Å²) in [6.07, 6.45) is -0.0776. The second-order valence-corrected chi connectivity index (χ2v) is 4.77. The van der Waals surface area contributed by atoms with Gasteiger partial charge in [0.05, 0.1) is 26.4 Å². The van der Waals surface area contributed by atoms with Crippen molar-refractivity contribution in [3.05, 3.63) is 29.8 Å². The Morgan fingerprint density at radius 2 is 1.91 bits per heavy atom. The van der Waals surface area contributed by atoms with E-state index in [0.717, 1.165) is 0 Å². The van der Waals surface area contributed by atoms with E-state index in [-0.39, 0.29) is 26.1 Å². The molecule has 0 aliphatic rings. The number of carbonyl (C=O) groups is 2. The Kier molecular flexibility index (Phi) is 7.07. The number of carbonyl (C=O) groups excluding carboxylic acids is 2. The van der Waals surface area contributed by atoms with Crippen molar-refractivity contribution in [2.24, 2.45) is 0 Å². The summed E-state index contributed by atoms with van der Waals surface area (Å²) in [5, 5.41) is 9.69. The van der Waals surface area contributed by atoms with Crippen LogP contribution < -0.4 is 4.74 Å². The zero-order valence-corrected chi connectivity index (χ0v) is 13.6. The maximum Gasteiger partial charge on any atom is 0.331 e. The van der Waals surface area contributed by atoms with E-state index >= 15 is 0 Å². The molecule has 0 N–H and O–H groups in total. The highest BCUT2D eigenvalue weighted by atomic mass is 16.5. The molecule has 0 amide bonds. The highest BCUT2D eigenvalue weighted by Crippen LogP contribution is 2.33. The Morgan fingerprint density at radius 1 is 1.22 bits per heavy atom. The van der Waals surface area contributed by atoms with Gasteiger partial charge < -0.3 is 14.2 Å². The van der Waals surface area contributed by atoms with Crippen LogP contribution >= 0.6 is 0 Å². The van der Waals surface area contributed by atoms with Gasteiger partial charge in [-0.15, -0.1) is 0 Å². The average Bonchev–Trinajstić information content (AvgIpc) is 2.56. The second kappa shape index (κ2) is 8.79. The van der Waals surface area contributed by atoms with E-state index in [1.165, 1.54) is 7.11 Å². The number of nitrogens with zero attached hydrogens (tertiary/aromatic N) is 1. The van der Waals surface area contributed by atoms with E-state index in [4.69, 9.17) is 14.2 Å². The fraction of sp³-hybridized carbons (Fsp3) is 0.471. The summed E-state index contributed by atoms with van der Waals surface area (Å²) in [4.78, 5) is 24.1. The smallest absolute Gasteiger partial charge is 0.331 e. The summed E-state index contributed by atoms with van der Waals surface area (Å²) in [5.74, 6) is -0.623. The van der Waals surface area contributed by atoms with Crippen molar-refractivity contribution in [3.63, 3.8) is 0 Å². The molecule has 6 nitrogen and oxygen atoms in total. The van der Waals surface area contributed by atoms with Crippen LogP contribution in [0.1, 0.15) is 32.3 Å². The van der Waals surface area contributed by atoms with Gasteiger partial charge in [-0.1, -0.05) is 12.1 Å². The Morgan fingerprint density at radius 3 is 2.48 bits per heavy atom. The third-order valence-electron chi connectivity index (χ3n) is 3.39. The number of nitriles is 1. The number of hydrogen-bond donors (Lipinski definition) is 0. The van der Waals surface area contributed by atoms with Gasteiger partial charge in [-0.2, -0.15) is 5.26 Å². The van der Waals surface area contributed by atoms with Crippen molar-refractivity contribution in [1.82, 2.24) is 0 Å². The molecule has 0 spiro atoms. The van der Waals surface area contributed by atoms with Gasteiger partial charge in [0.1, 0.15) is 5.75 Å². The van der Waals surface area contributed by atoms with Gasteiger partial charge in [0.2, 0.25) is 0 Å². The lowest BCUT2D eigenvalue weighted by Gasteiger charge is -2.25. The molecule has 1 aromatic rings. The molecule has 0 bridgehead atoms. The molecule has 23 heavy (non-hydrogen) atoms. The van der Waals surface area contributed by atoms with Gasteiger partial charge in [0, 0.05) is 6.42 Å². The lowest BCUT2D eigenvalue weighted by atomic mass is 9.78. The molecule has 0 aliphatic heterocycles. The number of ether oxygens (including phenoxy) is 3. The van der Waals surface area contributed by atoms with E-state index in [9.17, 15) is 14.9 Å². The van der Waals surface area contributed by atoms with Crippen molar-refractivity contribution in [2.75, 3.05) is 20.3 Å². The first-order valence-corrected chi connectivity index (χ1v) is 7.42. The highest BCUT2D eigenvalue weighted by Gasteiger charge is 2.43. The Labute approximate surface area is 136 Å². The molecule has 0 heterocycles. The van der Waals surface area contributed by atoms with E-state index in [1.807, 2.05) is 6.07 Å². The number of hydrogen-bond acceptors (Lipinski definition) is 6. The van der Waals surface area contributed by atoms with Crippen molar-refractivity contribution < 1.29 is 23.8 Å². The third-order valence-corrected chi connectivity index (χ3v) is 3.39. The summed E-state index contributed by atoms with van der Waals surface area (Å²) in [7, 11) is 1.50. The van der Waals surface area contributed by atoms with E-state index in [2.05, 4.69) is 0 Å². The van der Waals surface area contributed by atoms with Crippen LogP contribution in [0.2, 0.25) is 0 Å². The number of benzene rings is 1. The van der Waals surface area contributed by atoms with Crippen LogP contribution in [0.15, 0.2) is 24.3 Å². The van der Waals surface area contributed by atoms with E-state index < -0.39 is 17.4 Å². The average molecular weight is 319 g/mol. The highest BCUT2D eigenvalue weighted by molar-refractivity contribution is 5.87. The predicted molar refractivity (Wildman–Crippen MR) is 82.8 cm³/mol. The first kappa shape index (κ1) is 18.5. The first-order valence-electron chi connectivity index (χ1n) is 7.42. The normalized spacial score (nSPS) is 12.6. The van der Waals surface area contributed by atoms with Crippen molar-refractivity contribution in [2.45, 2.75) is 32.1 Å². The molecule has 1 rings (SSSR count). The zero-order valence-electron chi connectivity index (χ0n) is 13.6. The fourth-order valence-electron chi connectivity index (χ4n) is 2.20. The first-order chi connectivity index (χ1) is 11.0. The molecule has 124 valence electrons. The van der Waals surface area contributed by atoms with Crippen LogP contribution in [-0.2, 0) is 24.5 Å². The Balaban J connectivity index is 3.20. The van der Waals surface area contributed by atoms with E-state index in [1.54, 1.807) is 38.1 Å². The van der Waals surface area contributed by atoms with Gasteiger partial charge >= 0.3 is 11.9 Å². The van der Waals surface area contributed by atoms with Crippen LogP contribution in [0.5, 0.6) is 5.75 Å². The molecule has 1 aromatic carbocycles. The lowest BCUT2D eigenvalue weighted by Crippen LogP contribution is -2.37. The van der Waals surface area contributed by atoms with Crippen LogP contribution in [0, 0.1) is 11.3 Å². The van der Waals surface area contributed by atoms with E-state index in [0.29, 0.717) is 11.3 Å². The van der Waals surface area contributed by atoms with Gasteiger partial charge in [-0.25, -0.2) is 4.79 Å². The number of esters is 2. The Hall–Kier alpha value is -2.55. The van der Waals surface area contributed by atoms with Crippen LogP contribution in [-0.4, -0.2) is 32.3 Å². The Bertz CT molecular complexity index is 593. The third kappa shape index (κ3) is 4.46. The van der Waals surface area contributed by atoms with Crippen molar-refractivity contribution in [1.29, 1.82) is 5.26 Å². The molecule has 0 radical (unpaired) electrons. The van der Waals surface area contributed by atoms with Crippen LogP contribution in [0.4, 0.5) is 0 Å². The molecule has 1 unspecified atom stereocenters. The fourth-order valence-corrected chi connectivity index (χ4v) is 2.20. The molecule has 6 heteroatoms. The van der Waals surface area contributed by atoms with Crippen molar-refractivity contribution in [3.8, 4) is 11.8 Å². The molecule has 0 aliphatic carbocycles. The van der Waals surface area contributed by atoms with Gasteiger partial charge in [-0.3, -0.25) is 4.79 Å².